The highest BCUT2D eigenvalue weighted by Gasteiger charge is 2.31. The van der Waals surface area contributed by atoms with Gasteiger partial charge in [0.2, 0.25) is 0 Å². The normalized spacial score (nSPS) is 19.2. The molecular formula is C15H21Br2NOS. The van der Waals surface area contributed by atoms with Gasteiger partial charge in [-0.25, -0.2) is 0 Å². The second-order valence-corrected chi connectivity index (χ2v) is 9.39. The van der Waals surface area contributed by atoms with Crippen LogP contribution in [-0.2, 0) is 0 Å². The first kappa shape index (κ1) is 16.7. The molecule has 0 bridgehead atoms. The van der Waals surface area contributed by atoms with Crippen molar-refractivity contribution in [2.24, 2.45) is 5.41 Å². The Hall–Kier alpha value is 0.290. The van der Waals surface area contributed by atoms with Crippen molar-refractivity contribution in [2.45, 2.75) is 39.5 Å². The molecule has 1 aliphatic heterocycles. The summed E-state index contributed by atoms with van der Waals surface area (Å²) in [5.41, 5.74) is 1.33. The first-order chi connectivity index (χ1) is 9.49. The summed E-state index contributed by atoms with van der Waals surface area (Å²) in [6, 6.07) is 1.92. The molecule has 1 saturated heterocycles. The molecule has 1 fully saturated rings. The Morgan fingerprint density at radius 3 is 2.35 bits per heavy atom. The Bertz CT molecular complexity index is 472. The van der Waals surface area contributed by atoms with E-state index in [-0.39, 0.29) is 5.78 Å². The molecule has 112 valence electrons. The molecule has 0 aromatic carbocycles. The fourth-order valence-electron chi connectivity index (χ4n) is 2.96. The predicted octanol–water partition coefficient (Wildman–Crippen LogP) is 5.36. The standard InChI is InChI=1S/C15H21Br2NOS/c1-3-15(4-2)5-7-18(8-6-15)10-12(19)11-9-13(16)20-14(11)17/h9H,3-8,10H2,1-2H3. The average Bonchev–Trinajstić information content (AvgIpc) is 2.79. The third-order valence-electron chi connectivity index (χ3n) is 4.74. The van der Waals surface area contributed by atoms with Gasteiger partial charge in [0.05, 0.1) is 14.1 Å². The summed E-state index contributed by atoms with van der Waals surface area (Å²) in [6.07, 6.45) is 4.96. The van der Waals surface area contributed by atoms with E-state index in [4.69, 9.17) is 0 Å². The minimum absolute atomic E-state index is 0.222. The van der Waals surface area contributed by atoms with Gasteiger partial charge in [0.15, 0.2) is 5.78 Å². The molecule has 0 spiro atoms. The van der Waals surface area contributed by atoms with Gasteiger partial charge in [-0.05, 0) is 69.3 Å². The van der Waals surface area contributed by atoms with E-state index in [0.29, 0.717) is 12.0 Å². The van der Waals surface area contributed by atoms with E-state index in [2.05, 4.69) is 50.6 Å². The van der Waals surface area contributed by atoms with Gasteiger partial charge in [0.1, 0.15) is 0 Å². The number of hydrogen-bond acceptors (Lipinski definition) is 3. The number of piperidine rings is 1. The maximum absolute atomic E-state index is 12.4. The highest BCUT2D eigenvalue weighted by atomic mass is 79.9. The van der Waals surface area contributed by atoms with Crippen LogP contribution in [0.3, 0.4) is 0 Å². The van der Waals surface area contributed by atoms with Gasteiger partial charge in [-0.1, -0.05) is 26.7 Å². The Morgan fingerprint density at radius 2 is 1.90 bits per heavy atom. The number of halogens is 2. The Kier molecular flexibility index (Phi) is 5.86. The number of Topliss-reactive ketones (excluding diaryl/α,β-unsaturated/α-hetero) is 1. The van der Waals surface area contributed by atoms with Crippen LogP contribution in [0.1, 0.15) is 49.9 Å². The molecule has 5 heteroatoms. The van der Waals surface area contributed by atoms with Crippen LogP contribution >= 0.6 is 43.2 Å². The lowest BCUT2D eigenvalue weighted by Crippen LogP contribution is -2.41. The van der Waals surface area contributed by atoms with Gasteiger partial charge in [-0.15, -0.1) is 11.3 Å². The van der Waals surface area contributed by atoms with Crippen LogP contribution in [-0.4, -0.2) is 30.3 Å². The fraction of sp³-hybridized carbons (Fsp3) is 0.667. The number of thiophene rings is 1. The maximum atomic E-state index is 12.4. The molecule has 0 unspecified atom stereocenters. The van der Waals surface area contributed by atoms with Crippen molar-refractivity contribution < 1.29 is 4.79 Å². The predicted molar refractivity (Wildman–Crippen MR) is 92.7 cm³/mol. The Balaban J connectivity index is 1.93. The zero-order valence-electron chi connectivity index (χ0n) is 12.0. The van der Waals surface area contributed by atoms with Crippen molar-refractivity contribution in [1.82, 2.24) is 4.90 Å². The number of nitrogens with zero attached hydrogens (tertiary/aromatic N) is 1. The third kappa shape index (κ3) is 3.73. The molecule has 0 radical (unpaired) electrons. The molecule has 2 rings (SSSR count). The largest absolute Gasteiger partial charge is 0.296 e. The second kappa shape index (κ2) is 7.03. The summed E-state index contributed by atoms with van der Waals surface area (Å²) in [4.78, 5) is 14.7. The fourth-order valence-corrected chi connectivity index (χ4v) is 5.82. The van der Waals surface area contributed by atoms with Crippen molar-refractivity contribution in [3.05, 3.63) is 19.2 Å². The van der Waals surface area contributed by atoms with E-state index in [1.54, 1.807) is 11.3 Å². The summed E-state index contributed by atoms with van der Waals surface area (Å²) in [5, 5.41) is 0. The molecule has 0 amide bonds. The van der Waals surface area contributed by atoms with E-state index in [9.17, 15) is 4.79 Å². The van der Waals surface area contributed by atoms with Crippen molar-refractivity contribution in [3.8, 4) is 0 Å². The number of carbonyl (C=O) groups is 1. The van der Waals surface area contributed by atoms with Crippen LogP contribution in [0, 0.1) is 5.41 Å². The van der Waals surface area contributed by atoms with Crippen molar-refractivity contribution in [1.29, 1.82) is 0 Å². The number of hydrogen-bond donors (Lipinski definition) is 0. The summed E-state index contributed by atoms with van der Waals surface area (Å²) in [5.74, 6) is 0.222. The van der Waals surface area contributed by atoms with Gasteiger partial charge in [0.25, 0.3) is 0 Å². The van der Waals surface area contributed by atoms with Crippen LogP contribution < -0.4 is 0 Å². The minimum Gasteiger partial charge on any atom is -0.296 e. The third-order valence-corrected chi connectivity index (χ3v) is 7.08. The summed E-state index contributed by atoms with van der Waals surface area (Å²) >= 11 is 8.47. The first-order valence-corrected chi connectivity index (χ1v) is 9.60. The SMILES string of the molecule is CCC1(CC)CCN(CC(=O)c2cc(Br)sc2Br)CC1. The quantitative estimate of drug-likeness (QED) is 0.595. The molecule has 0 N–H and O–H groups in total. The molecule has 1 aromatic rings. The molecular weight excluding hydrogens is 402 g/mol. The topological polar surface area (TPSA) is 20.3 Å². The molecule has 20 heavy (non-hydrogen) atoms. The zero-order chi connectivity index (χ0) is 14.8. The van der Waals surface area contributed by atoms with Gasteiger partial charge >= 0.3 is 0 Å². The minimum atomic E-state index is 0.222. The van der Waals surface area contributed by atoms with E-state index in [1.807, 2.05) is 6.07 Å². The monoisotopic (exact) mass is 421 g/mol. The van der Waals surface area contributed by atoms with E-state index >= 15 is 0 Å². The summed E-state index contributed by atoms with van der Waals surface area (Å²) in [7, 11) is 0. The lowest BCUT2D eigenvalue weighted by Gasteiger charge is -2.40. The van der Waals surface area contributed by atoms with Crippen molar-refractivity contribution in [3.63, 3.8) is 0 Å². The molecule has 1 aliphatic rings. The van der Waals surface area contributed by atoms with Gasteiger partial charge in [-0.3, -0.25) is 9.69 Å². The van der Waals surface area contributed by atoms with Crippen LogP contribution in [0.2, 0.25) is 0 Å². The number of rotatable bonds is 5. The maximum Gasteiger partial charge on any atom is 0.178 e. The molecule has 0 aliphatic carbocycles. The highest BCUT2D eigenvalue weighted by Crippen LogP contribution is 2.38. The molecule has 2 heterocycles. The lowest BCUT2D eigenvalue weighted by atomic mass is 9.74. The first-order valence-electron chi connectivity index (χ1n) is 7.20. The van der Waals surface area contributed by atoms with Gasteiger partial charge in [0, 0.05) is 5.56 Å². The van der Waals surface area contributed by atoms with Crippen molar-refractivity contribution >= 4 is 49.0 Å². The van der Waals surface area contributed by atoms with Crippen molar-refractivity contribution in [2.75, 3.05) is 19.6 Å². The van der Waals surface area contributed by atoms with Crippen LogP contribution in [0.4, 0.5) is 0 Å². The molecule has 0 atom stereocenters. The molecule has 2 nitrogen and oxygen atoms in total. The van der Waals surface area contributed by atoms with Crippen LogP contribution in [0.15, 0.2) is 13.6 Å². The Morgan fingerprint density at radius 1 is 1.30 bits per heavy atom. The summed E-state index contributed by atoms with van der Waals surface area (Å²) in [6.45, 7) is 7.24. The highest BCUT2D eigenvalue weighted by molar-refractivity contribution is 9.12. The average molecular weight is 423 g/mol. The number of likely N-dealkylation sites (tertiary alicyclic amines) is 1. The Labute approximate surface area is 142 Å². The van der Waals surface area contributed by atoms with Gasteiger partial charge < -0.3 is 0 Å². The molecule has 1 aromatic heterocycles. The van der Waals surface area contributed by atoms with E-state index in [1.165, 1.54) is 25.7 Å². The van der Waals surface area contributed by atoms with E-state index in [0.717, 1.165) is 26.2 Å². The van der Waals surface area contributed by atoms with Gasteiger partial charge in [-0.2, -0.15) is 0 Å². The number of carbonyl (C=O) groups excluding carboxylic acids is 1. The zero-order valence-corrected chi connectivity index (χ0v) is 16.0. The van der Waals surface area contributed by atoms with E-state index < -0.39 is 0 Å². The van der Waals surface area contributed by atoms with Crippen LogP contribution in [0.25, 0.3) is 0 Å². The second-order valence-electron chi connectivity index (χ2n) is 5.64. The summed E-state index contributed by atoms with van der Waals surface area (Å²) < 4.78 is 1.94. The lowest BCUT2D eigenvalue weighted by molar-refractivity contribution is 0.0756. The smallest absolute Gasteiger partial charge is 0.178 e. The van der Waals surface area contributed by atoms with Crippen LogP contribution in [0.5, 0.6) is 0 Å². The molecule has 0 saturated carbocycles. The number of ketones is 1.